The lowest BCUT2D eigenvalue weighted by Gasteiger charge is -2.09. The Balaban J connectivity index is 2.32. The highest BCUT2D eigenvalue weighted by molar-refractivity contribution is 5.46. The third-order valence-corrected chi connectivity index (χ3v) is 2.78. The van der Waals surface area contributed by atoms with Crippen LogP contribution in [0.3, 0.4) is 0 Å². The van der Waals surface area contributed by atoms with Crippen molar-refractivity contribution in [1.82, 2.24) is 9.97 Å². The van der Waals surface area contributed by atoms with Crippen LogP contribution in [0.25, 0.3) is 0 Å². The Bertz CT molecular complexity index is 325. The third kappa shape index (κ3) is 6.42. The second kappa shape index (κ2) is 8.72. The predicted molar refractivity (Wildman–Crippen MR) is 78.0 cm³/mol. The van der Waals surface area contributed by atoms with Crippen molar-refractivity contribution in [3.63, 3.8) is 0 Å². The Labute approximate surface area is 111 Å². The van der Waals surface area contributed by atoms with Gasteiger partial charge in [0.25, 0.3) is 0 Å². The average molecular weight is 250 g/mol. The minimum atomic E-state index is 0.714. The van der Waals surface area contributed by atoms with Gasteiger partial charge in [0.1, 0.15) is 18.0 Å². The first-order valence-corrected chi connectivity index (χ1v) is 7.02. The summed E-state index contributed by atoms with van der Waals surface area (Å²) in [5.41, 5.74) is 0. The molecule has 1 aromatic rings. The minimum absolute atomic E-state index is 0.714. The molecule has 0 aromatic carbocycles. The zero-order valence-electron chi connectivity index (χ0n) is 11.9. The van der Waals surface area contributed by atoms with E-state index in [1.165, 1.54) is 19.3 Å². The number of unbranched alkanes of at least 4 members (excludes halogenated alkanes) is 2. The lowest BCUT2D eigenvalue weighted by Crippen LogP contribution is -2.08. The van der Waals surface area contributed by atoms with Crippen molar-refractivity contribution in [2.75, 3.05) is 23.7 Å². The summed E-state index contributed by atoms with van der Waals surface area (Å²) in [6, 6.07) is 1.98. The number of nitrogens with one attached hydrogen (secondary N) is 2. The Morgan fingerprint density at radius 3 is 2.33 bits per heavy atom. The van der Waals surface area contributed by atoms with Gasteiger partial charge >= 0.3 is 0 Å². The van der Waals surface area contributed by atoms with Gasteiger partial charge in [-0.3, -0.25) is 0 Å². The molecule has 0 amide bonds. The topological polar surface area (TPSA) is 49.8 Å². The molecule has 18 heavy (non-hydrogen) atoms. The van der Waals surface area contributed by atoms with Gasteiger partial charge in [0.05, 0.1) is 0 Å². The van der Waals surface area contributed by atoms with E-state index < -0.39 is 0 Å². The molecule has 2 N–H and O–H groups in total. The van der Waals surface area contributed by atoms with E-state index in [1.807, 2.05) is 6.07 Å². The van der Waals surface area contributed by atoms with E-state index in [1.54, 1.807) is 6.33 Å². The maximum Gasteiger partial charge on any atom is 0.131 e. The molecular weight excluding hydrogens is 224 g/mol. The van der Waals surface area contributed by atoms with E-state index in [4.69, 9.17) is 0 Å². The van der Waals surface area contributed by atoms with E-state index >= 15 is 0 Å². The summed E-state index contributed by atoms with van der Waals surface area (Å²) in [7, 11) is 0. The van der Waals surface area contributed by atoms with Crippen molar-refractivity contribution in [2.45, 2.75) is 46.5 Å². The van der Waals surface area contributed by atoms with Gasteiger partial charge in [0.15, 0.2) is 0 Å². The molecular formula is C14H26N4. The van der Waals surface area contributed by atoms with Crippen LogP contribution in [0.5, 0.6) is 0 Å². The first kappa shape index (κ1) is 14.7. The fourth-order valence-electron chi connectivity index (χ4n) is 1.63. The normalized spacial score (nSPS) is 10.7. The second-order valence-electron chi connectivity index (χ2n) is 5.03. The lowest BCUT2D eigenvalue weighted by molar-refractivity contribution is 0.606. The fraction of sp³-hybridized carbons (Fsp3) is 0.714. The molecule has 0 atom stereocenters. The fourth-order valence-corrected chi connectivity index (χ4v) is 1.63. The SMILES string of the molecule is CCCCCNc1cc(NCCC(C)C)ncn1. The number of nitrogens with zero attached hydrogens (tertiary/aromatic N) is 2. The Morgan fingerprint density at radius 2 is 1.72 bits per heavy atom. The van der Waals surface area contributed by atoms with E-state index in [2.05, 4.69) is 41.4 Å². The van der Waals surface area contributed by atoms with Gasteiger partial charge in [-0.1, -0.05) is 33.6 Å². The highest BCUT2D eigenvalue weighted by Crippen LogP contribution is 2.09. The van der Waals surface area contributed by atoms with Gasteiger partial charge in [-0.25, -0.2) is 9.97 Å². The van der Waals surface area contributed by atoms with Crippen LogP contribution in [0, 0.1) is 5.92 Å². The number of aromatic nitrogens is 2. The molecule has 0 unspecified atom stereocenters. The van der Waals surface area contributed by atoms with Crippen LogP contribution in [-0.4, -0.2) is 23.1 Å². The molecule has 0 aliphatic carbocycles. The van der Waals surface area contributed by atoms with Crippen LogP contribution < -0.4 is 10.6 Å². The van der Waals surface area contributed by atoms with Gasteiger partial charge < -0.3 is 10.6 Å². The molecule has 0 aliphatic heterocycles. The van der Waals surface area contributed by atoms with Crippen molar-refractivity contribution in [3.8, 4) is 0 Å². The maximum absolute atomic E-state index is 4.22. The monoisotopic (exact) mass is 250 g/mol. The molecule has 0 saturated carbocycles. The molecule has 1 heterocycles. The van der Waals surface area contributed by atoms with E-state index in [0.29, 0.717) is 5.92 Å². The number of hydrogen-bond donors (Lipinski definition) is 2. The molecule has 102 valence electrons. The summed E-state index contributed by atoms with van der Waals surface area (Å²) in [6.07, 6.45) is 6.46. The Kier molecular flexibility index (Phi) is 7.14. The van der Waals surface area contributed by atoms with Gasteiger partial charge in [0, 0.05) is 19.2 Å². The van der Waals surface area contributed by atoms with Gasteiger partial charge in [-0.05, 0) is 18.8 Å². The number of rotatable bonds is 9. The minimum Gasteiger partial charge on any atom is -0.370 e. The summed E-state index contributed by atoms with van der Waals surface area (Å²) in [5.74, 6) is 2.53. The lowest BCUT2D eigenvalue weighted by atomic mass is 10.1. The van der Waals surface area contributed by atoms with E-state index in [0.717, 1.165) is 31.1 Å². The molecule has 0 fully saturated rings. The van der Waals surface area contributed by atoms with Crippen LogP contribution in [0.4, 0.5) is 11.6 Å². The quantitative estimate of drug-likeness (QED) is 0.658. The third-order valence-electron chi connectivity index (χ3n) is 2.78. The molecule has 1 aromatic heterocycles. The van der Waals surface area contributed by atoms with Crippen LogP contribution in [-0.2, 0) is 0 Å². The largest absolute Gasteiger partial charge is 0.370 e. The van der Waals surface area contributed by atoms with Crippen molar-refractivity contribution in [1.29, 1.82) is 0 Å². The van der Waals surface area contributed by atoms with Crippen LogP contribution in [0.15, 0.2) is 12.4 Å². The average Bonchev–Trinajstić information content (AvgIpc) is 2.35. The van der Waals surface area contributed by atoms with Crippen molar-refractivity contribution in [3.05, 3.63) is 12.4 Å². The van der Waals surface area contributed by atoms with E-state index in [9.17, 15) is 0 Å². The van der Waals surface area contributed by atoms with Crippen molar-refractivity contribution < 1.29 is 0 Å². The molecule has 0 radical (unpaired) electrons. The summed E-state index contributed by atoms with van der Waals surface area (Å²) >= 11 is 0. The number of anilines is 2. The van der Waals surface area contributed by atoms with Crippen LogP contribution in [0.1, 0.15) is 46.5 Å². The standard InChI is InChI=1S/C14H26N4/c1-4-5-6-8-15-13-10-14(18-11-17-13)16-9-7-12(2)3/h10-12H,4-9H2,1-3H3,(H2,15,16,17,18). The molecule has 0 saturated heterocycles. The smallest absolute Gasteiger partial charge is 0.131 e. The molecule has 0 spiro atoms. The van der Waals surface area contributed by atoms with Gasteiger partial charge in [-0.15, -0.1) is 0 Å². The zero-order valence-corrected chi connectivity index (χ0v) is 11.9. The maximum atomic E-state index is 4.22. The van der Waals surface area contributed by atoms with Crippen molar-refractivity contribution in [2.24, 2.45) is 5.92 Å². The second-order valence-corrected chi connectivity index (χ2v) is 5.03. The molecule has 4 heteroatoms. The van der Waals surface area contributed by atoms with E-state index in [-0.39, 0.29) is 0 Å². The Morgan fingerprint density at radius 1 is 1.06 bits per heavy atom. The summed E-state index contributed by atoms with van der Waals surface area (Å²) < 4.78 is 0. The zero-order chi connectivity index (χ0) is 13.2. The van der Waals surface area contributed by atoms with Gasteiger partial charge in [0.2, 0.25) is 0 Å². The molecule has 0 bridgehead atoms. The van der Waals surface area contributed by atoms with Crippen molar-refractivity contribution >= 4 is 11.6 Å². The summed E-state index contributed by atoms with van der Waals surface area (Å²) in [5, 5.41) is 6.65. The molecule has 1 rings (SSSR count). The predicted octanol–water partition coefficient (Wildman–Crippen LogP) is 3.54. The first-order valence-electron chi connectivity index (χ1n) is 7.02. The Hall–Kier alpha value is -1.32. The van der Waals surface area contributed by atoms with Crippen LogP contribution >= 0.6 is 0 Å². The highest BCUT2D eigenvalue weighted by Gasteiger charge is 1.99. The molecule has 4 nitrogen and oxygen atoms in total. The first-order chi connectivity index (χ1) is 8.72. The highest BCUT2D eigenvalue weighted by atomic mass is 15.1. The van der Waals surface area contributed by atoms with Crippen LogP contribution in [0.2, 0.25) is 0 Å². The summed E-state index contributed by atoms with van der Waals surface area (Å²) in [6.45, 7) is 8.60. The number of hydrogen-bond acceptors (Lipinski definition) is 4. The summed E-state index contributed by atoms with van der Waals surface area (Å²) in [4.78, 5) is 8.44. The van der Waals surface area contributed by atoms with Gasteiger partial charge in [-0.2, -0.15) is 0 Å². The molecule has 0 aliphatic rings.